The number of pyridine rings is 1. The largest absolute Gasteiger partial charge is 0.347 e. The standard InChI is InChI=1S/C18H15ClN2O2/c1-2-21-11-15(17(22)14-8-3-4-9-16(14)21)18(23)20-13-7-5-6-12(19)10-13/h3-11H,2H2,1H3,(H,20,23). The van der Waals surface area contributed by atoms with E-state index < -0.39 is 5.91 Å². The van der Waals surface area contributed by atoms with Crippen molar-refractivity contribution in [2.45, 2.75) is 13.5 Å². The number of para-hydroxylation sites is 1. The van der Waals surface area contributed by atoms with E-state index in [1.807, 2.05) is 23.6 Å². The van der Waals surface area contributed by atoms with Crippen LogP contribution in [0.25, 0.3) is 10.9 Å². The number of amides is 1. The summed E-state index contributed by atoms with van der Waals surface area (Å²) in [4.78, 5) is 25.1. The van der Waals surface area contributed by atoms with E-state index in [-0.39, 0.29) is 11.0 Å². The molecule has 0 fully saturated rings. The Balaban J connectivity index is 2.07. The van der Waals surface area contributed by atoms with Crippen LogP contribution < -0.4 is 10.7 Å². The van der Waals surface area contributed by atoms with E-state index in [0.29, 0.717) is 22.6 Å². The second-order valence-electron chi connectivity index (χ2n) is 5.14. The number of fused-ring (bicyclic) bond motifs is 1. The Labute approximate surface area is 138 Å². The minimum absolute atomic E-state index is 0.116. The Morgan fingerprint density at radius 3 is 2.70 bits per heavy atom. The van der Waals surface area contributed by atoms with Crippen molar-refractivity contribution in [3.63, 3.8) is 0 Å². The van der Waals surface area contributed by atoms with Crippen LogP contribution in [0.15, 0.2) is 59.5 Å². The Kier molecular flexibility index (Phi) is 4.17. The topological polar surface area (TPSA) is 51.1 Å². The van der Waals surface area contributed by atoms with E-state index in [2.05, 4.69) is 5.32 Å². The Bertz CT molecular complexity index is 947. The maximum absolute atomic E-state index is 12.6. The molecule has 1 heterocycles. The van der Waals surface area contributed by atoms with Crippen LogP contribution in [0.2, 0.25) is 5.02 Å². The van der Waals surface area contributed by atoms with Crippen molar-refractivity contribution >= 4 is 34.1 Å². The zero-order chi connectivity index (χ0) is 16.4. The molecule has 0 saturated heterocycles. The van der Waals surface area contributed by atoms with Crippen LogP contribution in [0.1, 0.15) is 17.3 Å². The number of nitrogens with zero attached hydrogens (tertiary/aromatic N) is 1. The quantitative estimate of drug-likeness (QED) is 0.793. The van der Waals surface area contributed by atoms with E-state index in [9.17, 15) is 9.59 Å². The molecule has 0 aliphatic heterocycles. The van der Waals surface area contributed by atoms with Crippen molar-refractivity contribution < 1.29 is 4.79 Å². The third kappa shape index (κ3) is 2.98. The number of anilines is 1. The number of halogens is 1. The molecular formula is C18H15ClN2O2. The number of carbonyl (C=O) groups is 1. The minimum atomic E-state index is -0.440. The summed E-state index contributed by atoms with van der Waals surface area (Å²) in [5.74, 6) is -0.440. The molecule has 1 N–H and O–H groups in total. The van der Waals surface area contributed by atoms with Gasteiger partial charge in [-0.15, -0.1) is 0 Å². The summed E-state index contributed by atoms with van der Waals surface area (Å²) in [6.07, 6.45) is 1.60. The molecule has 0 bridgehead atoms. The number of nitrogens with one attached hydrogen (secondary N) is 1. The summed E-state index contributed by atoms with van der Waals surface area (Å²) in [7, 11) is 0. The Morgan fingerprint density at radius 2 is 1.96 bits per heavy atom. The van der Waals surface area contributed by atoms with Gasteiger partial charge >= 0.3 is 0 Å². The lowest BCUT2D eigenvalue weighted by Crippen LogP contribution is -2.23. The summed E-state index contributed by atoms with van der Waals surface area (Å²) in [6.45, 7) is 2.63. The predicted molar refractivity (Wildman–Crippen MR) is 93.3 cm³/mol. The van der Waals surface area contributed by atoms with Crippen LogP contribution in [0.4, 0.5) is 5.69 Å². The van der Waals surface area contributed by atoms with Crippen molar-refractivity contribution in [3.8, 4) is 0 Å². The monoisotopic (exact) mass is 326 g/mol. The molecule has 5 heteroatoms. The molecule has 0 spiro atoms. The number of hydrogen-bond donors (Lipinski definition) is 1. The van der Waals surface area contributed by atoms with Gasteiger partial charge < -0.3 is 9.88 Å². The number of carbonyl (C=O) groups excluding carboxylic acids is 1. The lowest BCUT2D eigenvalue weighted by atomic mass is 10.1. The van der Waals surface area contributed by atoms with E-state index in [1.165, 1.54) is 0 Å². The Morgan fingerprint density at radius 1 is 1.17 bits per heavy atom. The maximum atomic E-state index is 12.6. The van der Waals surface area contributed by atoms with Crippen molar-refractivity contribution in [1.29, 1.82) is 0 Å². The van der Waals surface area contributed by atoms with Crippen LogP contribution in [-0.4, -0.2) is 10.5 Å². The molecule has 0 radical (unpaired) electrons. The van der Waals surface area contributed by atoms with Crippen LogP contribution in [0.3, 0.4) is 0 Å². The molecule has 0 atom stereocenters. The molecule has 4 nitrogen and oxygen atoms in total. The number of hydrogen-bond acceptors (Lipinski definition) is 2. The van der Waals surface area contributed by atoms with Crippen molar-refractivity contribution in [2.75, 3.05) is 5.32 Å². The SMILES string of the molecule is CCn1cc(C(=O)Nc2cccc(Cl)c2)c(=O)c2ccccc21. The summed E-state index contributed by atoms with van der Waals surface area (Å²) < 4.78 is 1.89. The Hall–Kier alpha value is -2.59. The molecule has 116 valence electrons. The zero-order valence-corrected chi connectivity index (χ0v) is 13.3. The van der Waals surface area contributed by atoms with E-state index in [0.717, 1.165) is 5.52 Å². The average molecular weight is 327 g/mol. The minimum Gasteiger partial charge on any atom is -0.347 e. The van der Waals surface area contributed by atoms with E-state index in [1.54, 1.807) is 42.6 Å². The summed E-state index contributed by atoms with van der Waals surface area (Å²) in [5.41, 5.74) is 1.22. The van der Waals surface area contributed by atoms with Gasteiger partial charge in [-0.05, 0) is 37.3 Å². The average Bonchev–Trinajstić information content (AvgIpc) is 2.55. The number of rotatable bonds is 3. The molecule has 2 aromatic carbocycles. The molecular weight excluding hydrogens is 312 g/mol. The van der Waals surface area contributed by atoms with Crippen LogP contribution in [0, 0.1) is 0 Å². The molecule has 23 heavy (non-hydrogen) atoms. The van der Waals surface area contributed by atoms with E-state index in [4.69, 9.17) is 11.6 Å². The third-order valence-corrected chi connectivity index (χ3v) is 3.89. The van der Waals surface area contributed by atoms with Gasteiger partial charge in [0.05, 0.1) is 5.52 Å². The van der Waals surface area contributed by atoms with E-state index >= 15 is 0 Å². The highest BCUT2D eigenvalue weighted by Crippen LogP contribution is 2.16. The highest BCUT2D eigenvalue weighted by molar-refractivity contribution is 6.31. The first-order valence-electron chi connectivity index (χ1n) is 7.29. The molecule has 0 aliphatic carbocycles. The van der Waals surface area contributed by atoms with Gasteiger partial charge in [-0.3, -0.25) is 9.59 Å². The van der Waals surface area contributed by atoms with Gasteiger partial charge in [0.15, 0.2) is 0 Å². The smallest absolute Gasteiger partial charge is 0.261 e. The summed E-state index contributed by atoms with van der Waals surface area (Å²) in [5, 5.41) is 3.78. The van der Waals surface area contributed by atoms with Gasteiger partial charge in [0.1, 0.15) is 5.56 Å². The van der Waals surface area contributed by atoms with Crippen LogP contribution in [0.5, 0.6) is 0 Å². The number of aromatic nitrogens is 1. The molecule has 1 aromatic heterocycles. The lowest BCUT2D eigenvalue weighted by molar-refractivity contribution is 0.102. The fourth-order valence-corrected chi connectivity index (χ4v) is 2.72. The normalized spacial score (nSPS) is 10.7. The third-order valence-electron chi connectivity index (χ3n) is 3.66. The molecule has 1 amide bonds. The van der Waals surface area contributed by atoms with Crippen LogP contribution in [-0.2, 0) is 6.54 Å². The molecule has 3 rings (SSSR count). The van der Waals surface area contributed by atoms with Gasteiger partial charge in [-0.1, -0.05) is 29.8 Å². The highest BCUT2D eigenvalue weighted by Gasteiger charge is 2.15. The summed E-state index contributed by atoms with van der Waals surface area (Å²) >= 11 is 5.91. The second-order valence-corrected chi connectivity index (χ2v) is 5.58. The van der Waals surface area contributed by atoms with Gasteiger partial charge in [0.25, 0.3) is 5.91 Å². The summed E-state index contributed by atoms with van der Waals surface area (Å²) in [6, 6.07) is 14.1. The number of benzene rings is 2. The maximum Gasteiger partial charge on any atom is 0.261 e. The molecule has 0 unspecified atom stereocenters. The van der Waals surface area contributed by atoms with Gasteiger partial charge in [0.2, 0.25) is 5.43 Å². The number of aryl methyl sites for hydroxylation is 1. The molecule has 0 aliphatic rings. The van der Waals surface area contributed by atoms with Gasteiger partial charge in [-0.25, -0.2) is 0 Å². The molecule has 0 saturated carbocycles. The first-order valence-corrected chi connectivity index (χ1v) is 7.67. The molecule has 3 aromatic rings. The lowest BCUT2D eigenvalue weighted by Gasteiger charge is -2.11. The zero-order valence-electron chi connectivity index (χ0n) is 12.5. The first-order chi connectivity index (χ1) is 11.1. The fraction of sp³-hybridized carbons (Fsp3) is 0.111. The van der Waals surface area contributed by atoms with Crippen LogP contribution >= 0.6 is 11.6 Å². The predicted octanol–water partition coefficient (Wildman–Crippen LogP) is 3.93. The second kappa shape index (κ2) is 6.26. The first kappa shape index (κ1) is 15.3. The van der Waals surface area contributed by atoms with Crippen molar-refractivity contribution in [3.05, 3.63) is 75.5 Å². The van der Waals surface area contributed by atoms with Gasteiger partial charge in [-0.2, -0.15) is 0 Å². The van der Waals surface area contributed by atoms with Crippen molar-refractivity contribution in [1.82, 2.24) is 4.57 Å². The highest BCUT2D eigenvalue weighted by atomic mass is 35.5. The van der Waals surface area contributed by atoms with Gasteiger partial charge in [0, 0.05) is 28.8 Å². The fourth-order valence-electron chi connectivity index (χ4n) is 2.53. The van der Waals surface area contributed by atoms with Crippen molar-refractivity contribution in [2.24, 2.45) is 0 Å².